The lowest BCUT2D eigenvalue weighted by Crippen LogP contribution is -2.36. The third-order valence-corrected chi connectivity index (χ3v) is 4.56. The topological polar surface area (TPSA) is 46.3 Å². The summed E-state index contributed by atoms with van der Waals surface area (Å²) in [5, 5.41) is 0. The minimum absolute atomic E-state index is 0. The third-order valence-electron chi connectivity index (χ3n) is 4.56. The molecule has 21 heavy (non-hydrogen) atoms. The third kappa shape index (κ3) is 3.98. The Kier molecular flexibility index (Phi) is 6.69. The Bertz CT molecular complexity index is 458. The fourth-order valence-electron chi connectivity index (χ4n) is 3.10. The van der Waals surface area contributed by atoms with Crippen molar-refractivity contribution >= 4 is 24.0 Å². The molecule has 0 saturated heterocycles. The van der Waals surface area contributed by atoms with E-state index in [9.17, 15) is 4.79 Å². The number of carbonyl (C=O) groups excluding carboxylic acids is 1. The molecule has 2 rings (SSSR count). The van der Waals surface area contributed by atoms with Crippen LogP contribution in [0, 0.1) is 11.8 Å². The molecule has 1 aromatic rings. The maximum Gasteiger partial charge on any atom is 0.230 e. The Morgan fingerprint density at radius 1 is 1.29 bits per heavy atom. The fraction of sp³-hybridized carbons (Fsp3) is 0.588. The highest BCUT2D eigenvalue weighted by Gasteiger charge is 2.33. The van der Waals surface area contributed by atoms with E-state index in [1.165, 1.54) is 5.56 Å². The van der Waals surface area contributed by atoms with E-state index in [2.05, 4.69) is 26.0 Å². The van der Waals surface area contributed by atoms with Gasteiger partial charge in [-0.05, 0) is 48.9 Å². The van der Waals surface area contributed by atoms with Gasteiger partial charge in [-0.15, -0.1) is 12.4 Å². The summed E-state index contributed by atoms with van der Waals surface area (Å²) >= 11 is 0. The molecule has 0 bridgehead atoms. The number of halogens is 1. The number of carbonyl (C=O) groups is 1. The molecule has 2 N–H and O–H groups in total. The number of nitrogens with two attached hydrogens (primary N) is 1. The molecule has 1 fully saturated rings. The summed E-state index contributed by atoms with van der Waals surface area (Å²) in [5.74, 6) is 1.20. The van der Waals surface area contributed by atoms with Gasteiger partial charge in [-0.1, -0.05) is 32.4 Å². The Labute approximate surface area is 134 Å². The Morgan fingerprint density at radius 3 is 2.43 bits per heavy atom. The van der Waals surface area contributed by atoms with Gasteiger partial charge in [0, 0.05) is 18.7 Å². The first-order valence-electron chi connectivity index (χ1n) is 7.62. The lowest BCUT2D eigenvalue weighted by atomic mass is 9.94. The van der Waals surface area contributed by atoms with E-state index < -0.39 is 0 Å². The number of rotatable bonds is 4. The normalized spacial score (nSPS) is 21.2. The van der Waals surface area contributed by atoms with Gasteiger partial charge >= 0.3 is 0 Å². The van der Waals surface area contributed by atoms with Crippen molar-refractivity contribution in [1.82, 2.24) is 0 Å². The SMILES string of the molecule is CC(C)c1ccc(N(C)C(=O)[C@@H]2CCC[C@@H]2CN)cc1.Cl. The lowest BCUT2D eigenvalue weighted by Gasteiger charge is -2.25. The van der Waals surface area contributed by atoms with Gasteiger partial charge < -0.3 is 10.6 Å². The molecular weight excluding hydrogens is 284 g/mol. The van der Waals surface area contributed by atoms with E-state index in [1.807, 2.05) is 19.2 Å². The number of hydrogen-bond acceptors (Lipinski definition) is 2. The van der Waals surface area contributed by atoms with Gasteiger partial charge in [0.25, 0.3) is 0 Å². The Balaban J connectivity index is 0.00000220. The molecule has 0 unspecified atom stereocenters. The highest BCUT2D eigenvalue weighted by Crippen LogP contribution is 2.33. The molecule has 0 radical (unpaired) electrons. The second kappa shape index (κ2) is 7.81. The number of nitrogens with zero attached hydrogens (tertiary/aromatic N) is 1. The second-order valence-electron chi connectivity index (χ2n) is 6.18. The highest BCUT2D eigenvalue weighted by molar-refractivity contribution is 5.94. The molecule has 1 saturated carbocycles. The van der Waals surface area contributed by atoms with Crippen molar-refractivity contribution in [1.29, 1.82) is 0 Å². The largest absolute Gasteiger partial charge is 0.330 e. The molecule has 1 aliphatic carbocycles. The van der Waals surface area contributed by atoms with Crippen LogP contribution < -0.4 is 10.6 Å². The van der Waals surface area contributed by atoms with Crippen LogP contribution in [0.2, 0.25) is 0 Å². The Morgan fingerprint density at radius 2 is 1.90 bits per heavy atom. The first-order chi connectivity index (χ1) is 9.54. The second-order valence-corrected chi connectivity index (χ2v) is 6.18. The van der Waals surface area contributed by atoms with Crippen LogP contribution in [-0.4, -0.2) is 19.5 Å². The van der Waals surface area contributed by atoms with Crippen LogP contribution in [0.5, 0.6) is 0 Å². The van der Waals surface area contributed by atoms with E-state index in [0.717, 1.165) is 24.9 Å². The molecule has 1 aliphatic rings. The van der Waals surface area contributed by atoms with E-state index in [0.29, 0.717) is 18.4 Å². The zero-order chi connectivity index (χ0) is 14.7. The lowest BCUT2D eigenvalue weighted by molar-refractivity contribution is -0.123. The van der Waals surface area contributed by atoms with Crippen molar-refractivity contribution in [3.63, 3.8) is 0 Å². The summed E-state index contributed by atoms with van der Waals surface area (Å²) in [6.07, 6.45) is 3.19. The van der Waals surface area contributed by atoms with Crippen molar-refractivity contribution in [3.8, 4) is 0 Å². The number of anilines is 1. The monoisotopic (exact) mass is 310 g/mol. The summed E-state index contributed by atoms with van der Waals surface area (Å²) in [4.78, 5) is 14.4. The van der Waals surface area contributed by atoms with Gasteiger partial charge in [-0.25, -0.2) is 0 Å². The van der Waals surface area contributed by atoms with Crippen molar-refractivity contribution in [2.24, 2.45) is 17.6 Å². The van der Waals surface area contributed by atoms with Crippen LogP contribution in [0.1, 0.15) is 44.6 Å². The average molecular weight is 311 g/mol. The quantitative estimate of drug-likeness (QED) is 0.924. The predicted octanol–water partition coefficient (Wildman–Crippen LogP) is 3.57. The minimum atomic E-state index is 0. The summed E-state index contributed by atoms with van der Waals surface area (Å²) in [7, 11) is 1.87. The summed E-state index contributed by atoms with van der Waals surface area (Å²) in [6.45, 7) is 4.97. The van der Waals surface area contributed by atoms with Crippen molar-refractivity contribution < 1.29 is 4.79 Å². The summed E-state index contributed by atoms with van der Waals surface area (Å²) in [6, 6.07) is 8.30. The van der Waals surface area contributed by atoms with Gasteiger partial charge in [-0.3, -0.25) is 4.79 Å². The molecule has 1 amide bonds. The molecule has 118 valence electrons. The zero-order valence-corrected chi connectivity index (χ0v) is 14.0. The van der Waals surface area contributed by atoms with Crippen LogP contribution in [0.25, 0.3) is 0 Å². The van der Waals surface area contributed by atoms with Crippen LogP contribution in [0.4, 0.5) is 5.69 Å². The molecule has 3 nitrogen and oxygen atoms in total. The number of hydrogen-bond donors (Lipinski definition) is 1. The molecule has 0 aromatic heterocycles. The molecule has 2 atom stereocenters. The Hall–Kier alpha value is -1.06. The first-order valence-corrected chi connectivity index (χ1v) is 7.62. The molecule has 0 spiro atoms. The van der Waals surface area contributed by atoms with E-state index in [-0.39, 0.29) is 24.2 Å². The maximum absolute atomic E-state index is 12.6. The van der Waals surface area contributed by atoms with Gasteiger partial charge in [0.15, 0.2) is 0 Å². The fourth-order valence-corrected chi connectivity index (χ4v) is 3.10. The van der Waals surface area contributed by atoms with Crippen molar-refractivity contribution in [3.05, 3.63) is 29.8 Å². The van der Waals surface area contributed by atoms with Crippen LogP contribution in [0.15, 0.2) is 24.3 Å². The van der Waals surface area contributed by atoms with Gasteiger partial charge in [0.2, 0.25) is 5.91 Å². The molecular formula is C17H27ClN2O. The van der Waals surface area contributed by atoms with Crippen molar-refractivity contribution in [2.75, 3.05) is 18.5 Å². The van der Waals surface area contributed by atoms with Gasteiger partial charge in [0.1, 0.15) is 0 Å². The highest BCUT2D eigenvalue weighted by atomic mass is 35.5. The van der Waals surface area contributed by atoms with Gasteiger partial charge in [0.05, 0.1) is 0 Å². The number of benzene rings is 1. The first kappa shape index (κ1) is 18.0. The molecule has 0 heterocycles. The van der Waals surface area contributed by atoms with E-state index in [4.69, 9.17) is 5.73 Å². The molecule has 4 heteroatoms. The van der Waals surface area contributed by atoms with Crippen molar-refractivity contribution in [2.45, 2.75) is 39.0 Å². The minimum Gasteiger partial charge on any atom is -0.330 e. The van der Waals surface area contributed by atoms with Crippen LogP contribution in [-0.2, 0) is 4.79 Å². The summed E-state index contributed by atoms with van der Waals surface area (Å²) < 4.78 is 0. The average Bonchev–Trinajstić information content (AvgIpc) is 2.94. The number of amides is 1. The maximum atomic E-state index is 12.6. The van der Waals surface area contributed by atoms with E-state index in [1.54, 1.807) is 4.90 Å². The zero-order valence-electron chi connectivity index (χ0n) is 13.2. The smallest absolute Gasteiger partial charge is 0.230 e. The van der Waals surface area contributed by atoms with E-state index >= 15 is 0 Å². The van der Waals surface area contributed by atoms with Crippen LogP contribution >= 0.6 is 12.4 Å². The molecule has 0 aliphatic heterocycles. The predicted molar refractivity (Wildman–Crippen MR) is 91.1 cm³/mol. The van der Waals surface area contributed by atoms with Gasteiger partial charge in [-0.2, -0.15) is 0 Å². The molecule has 1 aromatic carbocycles. The summed E-state index contributed by atoms with van der Waals surface area (Å²) in [5.41, 5.74) is 8.06. The van der Waals surface area contributed by atoms with Crippen LogP contribution in [0.3, 0.4) is 0 Å². The standard InChI is InChI=1S/C17H26N2O.ClH/c1-12(2)13-7-9-15(10-8-13)19(3)17(20)16-6-4-5-14(16)11-18;/h7-10,12,14,16H,4-6,11,18H2,1-3H3;1H/t14-,16-;/m1./s1.